The molecular weight excluding hydrogens is 240 g/mol. The Kier molecular flexibility index (Phi) is 5.22. The predicted octanol–water partition coefficient (Wildman–Crippen LogP) is 3.53. The van der Waals surface area contributed by atoms with Gasteiger partial charge < -0.3 is 5.73 Å². The second-order valence-electron chi connectivity index (χ2n) is 5.51. The van der Waals surface area contributed by atoms with E-state index in [0.717, 1.165) is 12.5 Å². The summed E-state index contributed by atoms with van der Waals surface area (Å²) in [4.78, 5) is 5.39. The van der Waals surface area contributed by atoms with Gasteiger partial charge in [-0.2, -0.15) is 0 Å². The third-order valence-electron chi connectivity index (χ3n) is 4.07. The second kappa shape index (κ2) is 6.69. The summed E-state index contributed by atoms with van der Waals surface area (Å²) in [5.74, 6) is 0.981. The third kappa shape index (κ3) is 3.56. The number of thiophene rings is 1. The van der Waals surface area contributed by atoms with Crippen LogP contribution < -0.4 is 5.73 Å². The molecule has 1 aromatic heterocycles. The van der Waals surface area contributed by atoms with Gasteiger partial charge >= 0.3 is 0 Å². The Bertz CT molecular complexity index is 365. The first-order valence-electron chi connectivity index (χ1n) is 7.23. The molecule has 18 heavy (non-hydrogen) atoms. The van der Waals surface area contributed by atoms with E-state index in [2.05, 4.69) is 24.8 Å². The summed E-state index contributed by atoms with van der Waals surface area (Å²) in [6, 6.07) is 2.30. The maximum Gasteiger partial charge on any atom is 0.0274 e. The molecule has 1 saturated heterocycles. The average molecular weight is 266 g/mol. The molecule has 0 atom stereocenters. The monoisotopic (exact) mass is 266 g/mol. The zero-order valence-corrected chi connectivity index (χ0v) is 12.6. The molecule has 2 nitrogen and oxygen atoms in total. The molecule has 1 aliphatic heterocycles. The lowest BCUT2D eigenvalue weighted by molar-refractivity contribution is 0.172. The molecule has 2 rings (SSSR count). The fourth-order valence-electron chi connectivity index (χ4n) is 2.93. The molecule has 1 fully saturated rings. The molecule has 1 aliphatic rings. The fourth-order valence-corrected chi connectivity index (χ4v) is 3.86. The van der Waals surface area contributed by atoms with Crippen LogP contribution in [0, 0.1) is 12.8 Å². The molecule has 0 bridgehead atoms. The van der Waals surface area contributed by atoms with E-state index in [1.54, 1.807) is 0 Å². The van der Waals surface area contributed by atoms with Gasteiger partial charge in [-0.05, 0) is 50.4 Å². The van der Waals surface area contributed by atoms with Gasteiger partial charge in [0.15, 0.2) is 0 Å². The number of nitrogens with two attached hydrogens (primary N) is 1. The maximum absolute atomic E-state index is 5.71. The normalized spacial score (nSPS) is 18.4. The molecule has 0 unspecified atom stereocenters. The fraction of sp³-hybridized carbons (Fsp3) is 0.733. The largest absolute Gasteiger partial charge is 0.326 e. The second-order valence-corrected chi connectivity index (χ2v) is 6.85. The van der Waals surface area contributed by atoms with Crippen LogP contribution in [-0.4, -0.2) is 18.0 Å². The van der Waals surface area contributed by atoms with Crippen LogP contribution in [0.3, 0.4) is 0 Å². The summed E-state index contributed by atoms with van der Waals surface area (Å²) in [7, 11) is 0. The van der Waals surface area contributed by atoms with Crippen LogP contribution in [0.25, 0.3) is 0 Å². The Hall–Kier alpha value is -0.380. The predicted molar refractivity (Wildman–Crippen MR) is 79.9 cm³/mol. The SMILES string of the molecule is CCCC1CCN(Cc2cc(CN)sc2C)CC1. The highest BCUT2D eigenvalue weighted by Crippen LogP contribution is 2.26. The zero-order valence-electron chi connectivity index (χ0n) is 11.7. The standard InChI is InChI=1S/C15H26N2S/c1-3-4-13-5-7-17(8-6-13)11-14-9-15(10-16)18-12(14)2/h9,13H,3-8,10-11,16H2,1-2H3. The van der Waals surface area contributed by atoms with Gasteiger partial charge in [0.05, 0.1) is 0 Å². The van der Waals surface area contributed by atoms with Crippen molar-refractivity contribution in [3.8, 4) is 0 Å². The molecule has 0 aromatic carbocycles. The van der Waals surface area contributed by atoms with Gasteiger partial charge in [-0.3, -0.25) is 4.90 Å². The Morgan fingerprint density at radius 2 is 2.11 bits per heavy atom. The van der Waals surface area contributed by atoms with E-state index in [4.69, 9.17) is 5.73 Å². The van der Waals surface area contributed by atoms with Crippen molar-refractivity contribution in [2.75, 3.05) is 13.1 Å². The smallest absolute Gasteiger partial charge is 0.0274 e. The van der Waals surface area contributed by atoms with E-state index in [1.165, 1.54) is 54.1 Å². The van der Waals surface area contributed by atoms with Crippen molar-refractivity contribution in [3.05, 3.63) is 21.4 Å². The minimum absolute atomic E-state index is 0.685. The summed E-state index contributed by atoms with van der Waals surface area (Å²) >= 11 is 1.86. The minimum Gasteiger partial charge on any atom is -0.326 e. The van der Waals surface area contributed by atoms with E-state index in [9.17, 15) is 0 Å². The van der Waals surface area contributed by atoms with Crippen molar-refractivity contribution in [3.63, 3.8) is 0 Å². The number of hydrogen-bond donors (Lipinski definition) is 1. The molecule has 102 valence electrons. The van der Waals surface area contributed by atoms with Crippen molar-refractivity contribution in [2.45, 2.75) is 52.6 Å². The van der Waals surface area contributed by atoms with Crippen LogP contribution in [0.1, 0.15) is 47.9 Å². The van der Waals surface area contributed by atoms with E-state index in [-0.39, 0.29) is 0 Å². The highest BCUT2D eigenvalue weighted by molar-refractivity contribution is 7.12. The topological polar surface area (TPSA) is 29.3 Å². The van der Waals surface area contributed by atoms with Crippen LogP contribution in [0.2, 0.25) is 0 Å². The van der Waals surface area contributed by atoms with Gasteiger partial charge in [0, 0.05) is 22.8 Å². The molecular formula is C15H26N2S. The lowest BCUT2D eigenvalue weighted by Crippen LogP contribution is -2.33. The Balaban J connectivity index is 1.85. The van der Waals surface area contributed by atoms with Gasteiger partial charge in [0.1, 0.15) is 0 Å². The number of likely N-dealkylation sites (tertiary alicyclic amines) is 1. The molecule has 2 N–H and O–H groups in total. The maximum atomic E-state index is 5.71. The molecule has 2 heterocycles. The van der Waals surface area contributed by atoms with Crippen molar-refractivity contribution < 1.29 is 0 Å². The number of hydrogen-bond acceptors (Lipinski definition) is 3. The van der Waals surface area contributed by atoms with Crippen LogP contribution in [0.15, 0.2) is 6.07 Å². The Morgan fingerprint density at radius 3 is 2.67 bits per heavy atom. The third-order valence-corrected chi connectivity index (χ3v) is 5.19. The summed E-state index contributed by atoms with van der Waals surface area (Å²) in [5, 5.41) is 0. The van der Waals surface area contributed by atoms with Crippen molar-refractivity contribution >= 4 is 11.3 Å². The molecule has 0 amide bonds. The van der Waals surface area contributed by atoms with Gasteiger partial charge in [-0.1, -0.05) is 19.8 Å². The summed E-state index contributed by atoms with van der Waals surface area (Å²) < 4.78 is 0. The van der Waals surface area contributed by atoms with E-state index < -0.39 is 0 Å². The molecule has 3 heteroatoms. The van der Waals surface area contributed by atoms with Crippen molar-refractivity contribution in [1.29, 1.82) is 0 Å². The number of nitrogens with zero attached hydrogens (tertiary/aromatic N) is 1. The van der Waals surface area contributed by atoms with Gasteiger partial charge in [-0.25, -0.2) is 0 Å². The van der Waals surface area contributed by atoms with Crippen LogP contribution in [0.4, 0.5) is 0 Å². The first-order valence-corrected chi connectivity index (χ1v) is 8.05. The molecule has 0 spiro atoms. The highest BCUT2D eigenvalue weighted by Gasteiger charge is 2.19. The van der Waals surface area contributed by atoms with Gasteiger partial charge in [0.25, 0.3) is 0 Å². The summed E-state index contributed by atoms with van der Waals surface area (Å²) in [5.41, 5.74) is 7.21. The lowest BCUT2D eigenvalue weighted by atomic mass is 9.92. The zero-order chi connectivity index (χ0) is 13.0. The first kappa shape index (κ1) is 14.0. The van der Waals surface area contributed by atoms with Gasteiger partial charge in [0.2, 0.25) is 0 Å². The minimum atomic E-state index is 0.685. The molecule has 0 radical (unpaired) electrons. The van der Waals surface area contributed by atoms with Crippen LogP contribution in [-0.2, 0) is 13.1 Å². The number of aryl methyl sites for hydroxylation is 1. The summed E-state index contributed by atoms with van der Waals surface area (Å²) in [6.45, 7) is 8.89. The van der Waals surface area contributed by atoms with E-state index in [1.807, 2.05) is 11.3 Å². The van der Waals surface area contributed by atoms with Crippen LogP contribution >= 0.6 is 11.3 Å². The average Bonchev–Trinajstić information content (AvgIpc) is 2.73. The quantitative estimate of drug-likeness (QED) is 0.883. The molecule has 0 aliphatic carbocycles. The van der Waals surface area contributed by atoms with Crippen molar-refractivity contribution in [2.24, 2.45) is 11.7 Å². The number of piperidine rings is 1. The molecule has 1 aromatic rings. The van der Waals surface area contributed by atoms with Gasteiger partial charge in [-0.15, -0.1) is 11.3 Å². The van der Waals surface area contributed by atoms with E-state index >= 15 is 0 Å². The lowest BCUT2D eigenvalue weighted by Gasteiger charge is -2.31. The van der Waals surface area contributed by atoms with E-state index in [0.29, 0.717) is 6.54 Å². The Labute approximate surface area is 115 Å². The Morgan fingerprint density at radius 1 is 1.39 bits per heavy atom. The van der Waals surface area contributed by atoms with Crippen LogP contribution in [0.5, 0.6) is 0 Å². The van der Waals surface area contributed by atoms with Crippen molar-refractivity contribution in [1.82, 2.24) is 4.90 Å². The first-order chi connectivity index (χ1) is 8.72. The molecule has 0 saturated carbocycles. The highest BCUT2D eigenvalue weighted by atomic mass is 32.1. The number of rotatable bonds is 5. The summed E-state index contributed by atoms with van der Waals surface area (Å²) in [6.07, 6.45) is 5.54.